The molecule has 0 aromatic heterocycles. The molecular formula is C15H26N2O3. The number of carboxylic acid groups (broad SMARTS) is 1. The molecule has 5 nitrogen and oxygen atoms in total. The van der Waals surface area contributed by atoms with Crippen LogP contribution >= 0.6 is 0 Å². The lowest BCUT2D eigenvalue weighted by Gasteiger charge is -2.40. The van der Waals surface area contributed by atoms with Crippen LogP contribution in [0.15, 0.2) is 0 Å². The van der Waals surface area contributed by atoms with Gasteiger partial charge >= 0.3 is 12.0 Å². The van der Waals surface area contributed by atoms with Crippen LogP contribution in [0.2, 0.25) is 0 Å². The van der Waals surface area contributed by atoms with Gasteiger partial charge in [-0.2, -0.15) is 0 Å². The monoisotopic (exact) mass is 282 g/mol. The molecule has 114 valence electrons. The van der Waals surface area contributed by atoms with Gasteiger partial charge in [0.15, 0.2) is 0 Å². The Kier molecular flexibility index (Phi) is 4.55. The van der Waals surface area contributed by atoms with E-state index in [4.69, 9.17) is 0 Å². The molecular weight excluding hydrogens is 256 g/mol. The highest BCUT2D eigenvalue weighted by atomic mass is 16.4. The Morgan fingerprint density at radius 3 is 2.30 bits per heavy atom. The molecule has 5 heteroatoms. The second kappa shape index (κ2) is 6.02. The minimum Gasteiger partial charge on any atom is -0.480 e. The first-order chi connectivity index (χ1) is 9.41. The van der Waals surface area contributed by atoms with Gasteiger partial charge in [-0.15, -0.1) is 0 Å². The molecule has 1 N–H and O–H groups in total. The Balaban J connectivity index is 2.04. The number of aliphatic carboxylic acids is 1. The van der Waals surface area contributed by atoms with Crippen molar-refractivity contribution in [3.63, 3.8) is 0 Å². The molecule has 0 aromatic rings. The molecule has 0 aliphatic carbocycles. The van der Waals surface area contributed by atoms with E-state index in [2.05, 4.69) is 13.8 Å². The molecule has 2 amide bonds. The number of nitrogens with zero attached hydrogens (tertiary/aromatic N) is 2. The van der Waals surface area contributed by atoms with E-state index in [1.807, 2.05) is 4.90 Å². The molecule has 2 heterocycles. The van der Waals surface area contributed by atoms with Crippen LogP contribution < -0.4 is 0 Å². The first kappa shape index (κ1) is 15.1. The highest BCUT2D eigenvalue weighted by Gasteiger charge is 2.35. The molecule has 2 aliphatic heterocycles. The quantitative estimate of drug-likeness (QED) is 0.804. The topological polar surface area (TPSA) is 60.9 Å². The Morgan fingerprint density at radius 1 is 1.05 bits per heavy atom. The van der Waals surface area contributed by atoms with Crippen molar-refractivity contribution < 1.29 is 14.7 Å². The predicted molar refractivity (Wildman–Crippen MR) is 76.6 cm³/mol. The summed E-state index contributed by atoms with van der Waals surface area (Å²) >= 11 is 0. The maximum absolute atomic E-state index is 12.6. The zero-order valence-corrected chi connectivity index (χ0v) is 12.6. The average molecular weight is 282 g/mol. The molecule has 2 fully saturated rings. The molecule has 0 bridgehead atoms. The second-order valence-electron chi connectivity index (χ2n) is 6.83. The van der Waals surface area contributed by atoms with Crippen molar-refractivity contribution >= 4 is 12.0 Å². The molecule has 1 atom stereocenters. The van der Waals surface area contributed by atoms with Gasteiger partial charge in [0.25, 0.3) is 0 Å². The summed E-state index contributed by atoms with van der Waals surface area (Å²) < 4.78 is 0. The molecule has 2 aliphatic rings. The number of piperidine rings is 1. The SMILES string of the molecule is CC1(C)CCN(C(=O)N2CCCCCC2C(=O)O)CC1. The van der Waals surface area contributed by atoms with Crippen LogP contribution in [0.4, 0.5) is 4.79 Å². The Labute approximate surface area is 120 Å². The van der Waals surface area contributed by atoms with E-state index in [9.17, 15) is 14.7 Å². The fourth-order valence-corrected chi connectivity index (χ4v) is 3.08. The summed E-state index contributed by atoms with van der Waals surface area (Å²) in [7, 11) is 0. The van der Waals surface area contributed by atoms with Gasteiger partial charge < -0.3 is 14.9 Å². The molecule has 2 saturated heterocycles. The molecule has 0 saturated carbocycles. The minimum absolute atomic E-state index is 0.0743. The Morgan fingerprint density at radius 2 is 1.70 bits per heavy atom. The molecule has 0 spiro atoms. The van der Waals surface area contributed by atoms with Crippen molar-refractivity contribution in [1.29, 1.82) is 0 Å². The van der Waals surface area contributed by atoms with Crippen LogP contribution in [-0.4, -0.2) is 52.6 Å². The third kappa shape index (κ3) is 3.44. The number of urea groups is 1. The highest BCUT2D eigenvalue weighted by molar-refractivity contribution is 5.82. The zero-order valence-electron chi connectivity index (χ0n) is 12.6. The largest absolute Gasteiger partial charge is 0.480 e. The Hall–Kier alpha value is -1.26. The average Bonchev–Trinajstić information content (AvgIpc) is 2.63. The van der Waals surface area contributed by atoms with Gasteiger partial charge in [-0.05, 0) is 31.1 Å². The lowest BCUT2D eigenvalue weighted by atomic mass is 9.83. The predicted octanol–water partition coefficient (Wildman–Crippen LogP) is 2.56. The fourth-order valence-electron chi connectivity index (χ4n) is 3.08. The maximum atomic E-state index is 12.6. The van der Waals surface area contributed by atoms with Gasteiger partial charge in [-0.1, -0.05) is 26.7 Å². The summed E-state index contributed by atoms with van der Waals surface area (Å²) in [6, 6.07) is -0.713. The van der Waals surface area contributed by atoms with E-state index in [0.29, 0.717) is 18.4 Å². The lowest BCUT2D eigenvalue weighted by molar-refractivity contribution is -0.142. The van der Waals surface area contributed by atoms with E-state index in [1.54, 1.807) is 4.90 Å². The second-order valence-corrected chi connectivity index (χ2v) is 6.83. The summed E-state index contributed by atoms with van der Waals surface area (Å²) in [5.41, 5.74) is 0.293. The first-order valence-corrected chi connectivity index (χ1v) is 7.69. The Bertz CT molecular complexity index is 371. The van der Waals surface area contributed by atoms with E-state index in [-0.39, 0.29) is 6.03 Å². The van der Waals surface area contributed by atoms with Crippen molar-refractivity contribution in [2.24, 2.45) is 5.41 Å². The minimum atomic E-state index is -0.863. The fraction of sp³-hybridized carbons (Fsp3) is 0.867. The van der Waals surface area contributed by atoms with Crippen molar-refractivity contribution in [2.45, 2.75) is 58.4 Å². The summed E-state index contributed by atoms with van der Waals surface area (Å²) in [5, 5.41) is 9.35. The zero-order chi connectivity index (χ0) is 14.8. The normalized spacial score (nSPS) is 27.0. The van der Waals surface area contributed by atoms with Gasteiger partial charge in [-0.3, -0.25) is 0 Å². The number of carbonyl (C=O) groups is 2. The molecule has 0 radical (unpaired) electrons. The van der Waals surface area contributed by atoms with Gasteiger partial charge in [0.05, 0.1) is 0 Å². The van der Waals surface area contributed by atoms with Crippen LogP contribution in [0, 0.1) is 5.41 Å². The van der Waals surface area contributed by atoms with Gasteiger partial charge in [0, 0.05) is 19.6 Å². The standard InChI is InChI=1S/C15H26N2O3/c1-15(2)7-10-16(11-8-15)14(20)17-9-5-3-4-6-12(17)13(18)19/h12H,3-11H2,1-2H3,(H,18,19). The van der Waals surface area contributed by atoms with Crippen LogP contribution in [0.25, 0.3) is 0 Å². The van der Waals surface area contributed by atoms with E-state index >= 15 is 0 Å². The summed E-state index contributed by atoms with van der Waals surface area (Å²) in [4.78, 5) is 27.4. The molecule has 0 aromatic carbocycles. The van der Waals surface area contributed by atoms with Crippen LogP contribution in [-0.2, 0) is 4.79 Å². The number of likely N-dealkylation sites (tertiary alicyclic amines) is 2. The molecule has 20 heavy (non-hydrogen) atoms. The van der Waals surface area contributed by atoms with Crippen molar-refractivity contribution in [2.75, 3.05) is 19.6 Å². The smallest absolute Gasteiger partial charge is 0.326 e. The maximum Gasteiger partial charge on any atom is 0.326 e. The number of amides is 2. The summed E-state index contributed by atoms with van der Waals surface area (Å²) in [6.45, 7) is 6.51. The lowest BCUT2D eigenvalue weighted by Crippen LogP contribution is -2.53. The van der Waals surface area contributed by atoms with Crippen LogP contribution in [0.3, 0.4) is 0 Å². The van der Waals surface area contributed by atoms with Crippen molar-refractivity contribution in [1.82, 2.24) is 9.80 Å². The third-order valence-electron chi connectivity index (χ3n) is 4.67. The number of hydrogen-bond acceptors (Lipinski definition) is 2. The van der Waals surface area contributed by atoms with Gasteiger partial charge in [0.2, 0.25) is 0 Å². The number of rotatable bonds is 1. The molecule has 2 rings (SSSR count). The third-order valence-corrected chi connectivity index (χ3v) is 4.67. The molecule has 1 unspecified atom stereocenters. The summed E-state index contributed by atoms with van der Waals surface area (Å²) in [6.07, 6.45) is 5.39. The van der Waals surface area contributed by atoms with Gasteiger partial charge in [-0.25, -0.2) is 9.59 Å². The number of carbonyl (C=O) groups excluding carboxylic acids is 1. The van der Waals surface area contributed by atoms with E-state index in [1.165, 1.54) is 0 Å². The number of hydrogen-bond donors (Lipinski definition) is 1. The van der Waals surface area contributed by atoms with E-state index in [0.717, 1.165) is 45.2 Å². The number of carboxylic acids is 1. The van der Waals surface area contributed by atoms with Crippen molar-refractivity contribution in [3.8, 4) is 0 Å². The van der Waals surface area contributed by atoms with Gasteiger partial charge in [0.1, 0.15) is 6.04 Å². The van der Waals surface area contributed by atoms with Crippen LogP contribution in [0.5, 0.6) is 0 Å². The summed E-state index contributed by atoms with van der Waals surface area (Å²) in [5.74, 6) is -0.863. The van der Waals surface area contributed by atoms with Crippen LogP contribution in [0.1, 0.15) is 52.4 Å². The van der Waals surface area contributed by atoms with E-state index < -0.39 is 12.0 Å². The highest BCUT2D eigenvalue weighted by Crippen LogP contribution is 2.30. The first-order valence-electron chi connectivity index (χ1n) is 7.69. The van der Waals surface area contributed by atoms with Crippen molar-refractivity contribution in [3.05, 3.63) is 0 Å².